The Kier molecular flexibility index (Phi) is 15.5. The van der Waals surface area contributed by atoms with E-state index in [1.165, 1.54) is 60.9 Å². The van der Waals surface area contributed by atoms with Gasteiger partial charge in [0, 0.05) is 12.1 Å². The lowest BCUT2D eigenvalue weighted by Crippen LogP contribution is -2.34. The van der Waals surface area contributed by atoms with Crippen molar-refractivity contribution < 1.29 is 4.79 Å². The van der Waals surface area contributed by atoms with E-state index in [2.05, 4.69) is 73.6 Å². The number of unbranched alkanes of at least 4 members (excludes halogenated alkanes) is 1. The molecule has 0 saturated heterocycles. The number of nitrogens with zero attached hydrogens (tertiary/aromatic N) is 2. The van der Waals surface area contributed by atoms with Crippen LogP contribution in [0.15, 0.2) is 28.2 Å². The molecule has 1 aliphatic carbocycles. The normalized spacial score (nSPS) is 21.7. The highest BCUT2D eigenvalue weighted by Crippen LogP contribution is 2.46. The number of hydrogen-bond donors (Lipinski definition) is 0. The van der Waals surface area contributed by atoms with Gasteiger partial charge in [-0.2, -0.15) is 0 Å². The van der Waals surface area contributed by atoms with Gasteiger partial charge in [-0.1, -0.05) is 113 Å². The molecule has 222 valence electrons. The standard InChI is InChI=1S/C28H44N2.C6H12O.C2H6/c1-8-10-20(2)11-9-12-25-21(3)17-26(30-19-29-25)22-13-14-23-24(18-22)28(6,7)16-15-27(23,4)5;1-3-4-5-6(2)7;1-2/h13-14,18-21,26H,8-12,15-17H2,1-7H3;3-5H2,1-2H3;1-2H3. The van der Waals surface area contributed by atoms with Crippen LogP contribution in [0.2, 0.25) is 0 Å². The average molecular weight is 539 g/mol. The highest BCUT2D eigenvalue weighted by molar-refractivity contribution is 5.92. The summed E-state index contributed by atoms with van der Waals surface area (Å²) >= 11 is 0. The molecule has 2 aliphatic rings. The quantitative estimate of drug-likeness (QED) is 0.292. The molecule has 39 heavy (non-hydrogen) atoms. The Balaban J connectivity index is 0.000000735. The van der Waals surface area contributed by atoms with Crippen LogP contribution in [-0.4, -0.2) is 17.8 Å². The number of hydrogen-bond acceptors (Lipinski definition) is 3. The lowest BCUT2D eigenvalue weighted by atomic mass is 9.63. The van der Waals surface area contributed by atoms with Crippen LogP contribution in [0.1, 0.15) is 170 Å². The van der Waals surface area contributed by atoms with Crippen molar-refractivity contribution in [2.45, 2.75) is 164 Å². The van der Waals surface area contributed by atoms with E-state index in [0.717, 1.165) is 38.0 Å². The highest BCUT2D eigenvalue weighted by atomic mass is 16.1. The Labute approximate surface area is 242 Å². The first-order valence-corrected chi connectivity index (χ1v) is 16.1. The van der Waals surface area contributed by atoms with Gasteiger partial charge in [0.15, 0.2) is 0 Å². The summed E-state index contributed by atoms with van der Waals surface area (Å²) in [7, 11) is 0. The van der Waals surface area contributed by atoms with Crippen molar-refractivity contribution in [3.8, 4) is 0 Å². The maximum absolute atomic E-state index is 10.2. The Morgan fingerprint density at radius 3 is 2.18 bits per heavy atom. The molecule has 3 atom stereocenters. The Hall–Kier alpha value is -1.77. The van der Waals surface area contributed by atoms with Gasteiger partial charge in [-0.15, -0.1) is 0 Å². The number of benzene rings is 1. The molecule has 0 aromatic heterocycles. The summed E-state index contributed by atoms with van der Waals surface area (Å²) in [6.45, 7) is 24.4. The second kappa shape index (κ2) is 17.1. The fraction of sp³-hybridized carbons (Fsp3) is 0.750. The second-order valence-electron chi connectivity index (χ2n) is 13.2. The summed E-state index contributed by atoms with van der Waals surface area (Å²) < 4.78 is 0. The van der Waals surface area contributed by atoms with Crippen molar-refractivity contribution in [2.75, 3.05) is 0 Å². The molecule has 0 saturated carbocycles. The maximum Gasteiger partial charge on any atom is 0.129 e. The molecule has 3 rings (SSSR count). The Morgan fingerprint density at radius 2 is 1.62 bits per heavy atom. The zero-order valence-electron chi connectivity index (χ0n) is 27.6. The van der Waals surface area contributed by atoms with E-state index in [0.29, 0.717) is 11.7 Å². The number of Topliss-reactive ketones (excluding diaryl/α,β-unsaturated/α-hetero) is 1. The minimum Gasteiger partial charge on any atom is -0.300 e. The van der Waals surface area contributed by atoms with E-state index in [9.17, 15) is 4.79 Å². The van der Waals surface area contributed by atoms with Gasteiger partial charge in [0.05, 0.1) is 6.04 Å². The van der Waals surface area contributed by atoms with E-state index in [-0.39, 0.29) is 16.9 Å². The molecule has 3 nitrogen and oxygen atoms in total. The van der Waals surface area contributed by atoms with Crippen molar-refractivity contribution in [3.63, 3.8) is 0 Å². The van der Waals surface area contributed by atoms with Crippen LogP contribution in [0, 0.1) is 11.8 Å². The number of rotatable bonds is 10. The van der Waals surface area contributed by atoms with Crippen LogP contribution < -0.4 is 0 Å². The van der Waals surface area contributed by atoms with Crippen molar-refractivity contribution in [3.05, 3.63) is 34.9 Å². The number of fused-ring (bicyclic) bond motifs is 1. The van der Waals surface area contributed by atoms with Crippen LogP contribution in [0.4, 0.5) is 0 Å². The number of carbonyl (C=O) groups is 1. The fourth-order valence-electron chi connectivity index (χ4n) is 5.89. The van der Waals surface area contributed by atoms with Gasteiger partial charge in [0.25, 0.3) is 0 Å². The molecule has 0 fully saturated rings. The predicted molar refractivity (Wildman–Crippen MR) is 174 cm³/mol. The Morgan fingerprint density at radius 1 is 0.974 bits per heavy atom. The van der Waals surface area contributed by atoms with Gasteiger partial charge in [-0.05, 0) is 84.8 Å². The number of carbonyl (C=O) groups excluding carboxylic acids is 1. The minimum absolute atomic E-state index is 0.228. The van der Waals surface area contributed by atoms with Gasteiger partial charge in [0.2, 0.25) is 0 Å². The van der Waals surface area contributed by atoms with Gasteiger partial charge < -0.3 is 4.79 Å². The summed E-state index contributed by atoms with van der Waals surface area (Å²) in [5.74, 6) is 1.64. The van der Waals surface area contributed by atoms with Gasteiger partial charge >= 0.3 is 0 Å². The van der Waals surface area contributed by atoms with E-state index >= 15 is 0 Å². The van der Waals surface area contributed by atoms with E-state index in [4.69, 9.17) is 9.98 Å². The van der Waals surface area contributed by atoms with Gasteiger partial charge in [-0.3, -0.25) is 4.99 Å². The van der Waals surface area contributed by atoms with Crippen molar-refractivity contribution in [1.82, 2.24) is 0 Å². The third-order valence-electron chi connectivity index (χ3n) is 8.67. The summed E-state index contributed by atoms with van der Waals surface area (Å²) in [4.78, 5) is 19.9. The number of ketones is 1. The SMILES string of the molecule is CC.CCCC(C)CCCC1=NC=NC(c2ccc3c(c2)C(C)(C)CCC3(C)C)CC1C.CCCCC(C)=O. The molecule has 1 aliphatic heterocycles. The topological polar surface area (TPSA) is 41.8 Å². The molecule has 0 N–H and O–H groups in total. The monoisotopic (exact) mass is 538 g/mol. The zero-order valence-corrected chi connectivity index (χ0v) is 27.6. The Bertz CT molecular complexity index is 924. The zero-order chi connectivity index (χ0) is 29.6. The third kappa shape index (κ3) is 11.3. The molecule has 3 heteroatoms. The van der Waals surface area contributed by atoms with Crippen molar-refractivity contribution >= 4 is 17.8 Å². The first-order chi connectivity index (χ1) is 18.4. The van der Waals surface area contributed by atoms with Gasteiger partial charge in [-0.25, -0.2) is 4.99 Å². The lowest BCUT2D eigenvalue weighted by Gasteiger charge is -2.42. The van der Waals surface area contributed by atoms with Crippen molar-refractivity contribution in [2.24, 2.45) is 21.8 Å². The molecule has 1 aromatic carbocycles. The third-order valence-corrected chi connectivity index (χ3v) is 8.67. The van der Waals surface area contributed by atoms with Crippen LogP contribution in [0.5, 0.6) is 0 Å². The highest BCUT2D eigenvalue weighted by Gasteiger charge is 2.37. The molecule has 1 heterocycles. The molecule has 0 bridgehead atoms. The summed E-state index contributed by atoms with van der Waals surface area (Å²) in [6.07, 6.45) is 14.7. The van der Waals surface area contributed by atoms with E-state index in [1.54, 1.807) is 6.92 Å². The van der Waals surface area contributed by atoms with Crippen LogP contribution in [-0.2, 0) is 15.6 Å². The number of aliphatic imine (C=N–C) groups is 2. The fourth-order valence-corrected chi connectivity index (χ4v) is 5.89. The average Bonchev–Trinajstić information content (AvgIpc) is 3.08. The largest absolute Gasteiger partial charge is 0.300 e. The molecule has 1 aromatic rings. The second-order valence-corrected chi connectivity index (χ2v) is 13.2. The summed E-state index contributed by atoms with van der Waals surface area (Å²) in [6, 6.07) is 7.44. The van der Waals surface area contributed by atoms with Crippen molar-refractivity contribution in [1.29, 1.82) is 0 Å². The van der Waals surface area contributed by atoms with Crippen LogP contribution >= 0.6 is 0 Å². The summed E-state index contributed by atoms with van der Waals surface area (Å²) in [5, 5.41) is 0. The van der Waals surface area contributed by atoms with Gasteiger partial charge in [0.1, 0.15) is 12.1 Å². The predicted octanol–water partition coefficient (Wildman–Crippen LogP) is 11.0. The smallest absolute Gasteiger partial charge is 0.129 e. The molecule has 0 spiro atoms. The molecule has 3 unspecified atom stereocenters. The lowest BCUT2D eigenvalue weighted by molar-refractivity contribution is -0.117. The van der Waals surface area contributed by atoms with E-state index < -0.39 is 0 Å². The van der Waals surface area contributed by atoms with E-state index in [1.807, 2.05) is 20.2 Å². The van der Waals surface area contributed by atoms with Crippen LogP contribution in [0.3, 0.4) is 0 Å². The molecular weight excluding hydrogens is 476 g/mol. The first-order valence-electron chi connectivity index (χ1n) is 16.1. The van der Waals surface area contributed by atoms with Crippen LogP contribution in [0.25, 0.3) is 0 Å². The minimum atomic E-state index is 0.228. The molecule has 0 radical (unpaired) electrons. The maximum atomic E-state index is 10.2. The molecule has 0 amide bonds. The molecular formula is C36H62N2O. The summed E-state index contributed by atoms with van der Waals surface area (Å²) in [5.41, 5.74) is 6.31. The first kappa shape index (κ1) is 35.3.